The number of benzene rings is 1. The lowest BCUT2D eigenvalue weighted by Gasteiger charge is -2.33. The number of aromatic nitrogens is 1. The maximum Gasteiger partial charge on any atom is 0.239 e. The molecule has 1 saturated heterocycles. The van der Waals surface area contributed by atoms with Crippen molar-refractivity contribution in [1.82, 2.24) is 4.98 Å². The highest BCUT2D eigenvalue weighted by atomic mass is 32.2. The van der Waals surface area contributed by atoms with E-state index in [0.717, 1.165) is 19.3 Å². The summed E-state index contributed by atoms with van der Waals surface area (Å²) >= 11 is 0. The van der Waals surface area contributed by atoms with Gasteiger partial charge in [-0.05, 0) is 68.0 Å². The molecule has 1 amide bonds. The smallest absolute Gasteiger partial charge is 0.239 e. The van der Waals surface area contributed by atoms with Gasteiger partial charge in [-0.1, -0.05) is 6.07 Å². The number of nitrogens with zero attached hydrogens (tertiary/aromatic N) is 1. The van der Waals surface area contributed by atoms with E-state index in [9.17, 15) is 13.2 Å². The van der Waals surface area contributed by atoms with E-state index in [4.69, 9.17) is 15.2 Å². The van der Waals surface area contributed by atoms with Gasteiger partial charge >= 0.3 is 0 Å². The molecule has 1 fully saturated rings. The average molecular weight is 419 g/mol. The van der Waals surface area contributed by atoms with E-state index in [2.05, 4.69) is 4.98 Å². The first kappa shape index (κ1) is 21.3. The molecule has 2 aromatic rings. The molecule has 1 aromatic heterocycles. The van der Waals surface area contributed by atoms with E-state index in [0.29, 0.717) is 12.4 Å². The second-order valence-corrected chi connectivity index (χ2v) is 9.37. The highest BCUT2D eigenvalue weighted by Gasteiger charge is 2.51. The van der Waals surface area contributed by atoms with Crippen LogP contribution in [-0.2, 0) is 25.8 Å². The molecule has 29 heavy (non-hydrogen) atoms. The summed E-state index contributed by atoms with van der Waals surface area (Å²) in [6.45, 7) is 0.930. The zero-order valence-corrected chi connectivity index (χ0v) is 17.1. The first-order chi connectivity index (χ1) is 14.0. The van der Waals surface area contributed by atoms with Gasteiger partial charge in [0, 0.05) is 25.6 Å². The summed E-state index contributed by atoms with van der Waals surface area (Å²) in [5.74, 6) is -0.236. The minimum absolute atomic E-state index is 0.0693. The van der Waals surface area contributed by atoms with Gasteiger partial charge < -0.3 is 15.2 Å². The summed E-state index contributed by atoms with van der Waals surface area (Å²) < 4.78 is 35.5. The third kappa shape index (κ3) is 4.76. The van der Waals surface area contributed by atoms with Crippen LogP contribution in [0, 0.1) is 0 Å². The Balaban J connectivity index is 1.57. The number of ether oxygens (including phenoxy) is 2. The number of hydrogen-bond donors (Lipinski definition) is 1. The van der Waals surface area contributed by atoms with Crippen molar-refractivity contribution in [2.75, 3.05) is 19.8 Å². The predicted molar refractivity (Wildman–Crippen MR) is 108 cm³/mol. The van der Waals surface area contributed by atoms with Crippen molar-refractivity contribution in [3.8, 4) is 5.75 Å². The molecule has 2 N–H and O–H groups in total. The standard InChI is InChI=1S/C21H26N2O5S/c22-20(24)21(10-14-27-15-11-21)29(25,26)19-8-6-18(7-9-19)28-13-2-1-4-17-5-3-12-23-16-17/h3,5-9,12,16H,1-2,4,10-11,13-15H2,(H2,22,24). The van der Waals surface area contributed by atoms with Gasteiger partial charge in [-0.15, -0.1) is 0 Å². The van der Waals surface area contributed by atoms with Gasteiger partial charge in [-0.25, -0.2) is 8.42 Å². The van der Waals surface area contributed by atoms with Crippen LogP contribution in [0.3, 0.4) is 0 Å². The SMILES string of the molecule is NC(=O)C1(S(=O)(=O)c2ccc(OCCCCc3cccnc3)cc2)CCOCC1. The number of aryl methyl sites for hydroxylation is 1. The van der Waals surface area contributed by atoms with Crippen molar-refractivity contribution < 1.29 is 22.7 Å². The van der Waals surface area contributed by atoms with E-state index >= 15 is 0 Å². The third-order valence-electron chi connectivity index (χ3n) is 5.25. The first-order valence-corrected chi connectivity index (χ1v) is 11.2. The molecule has 156 valence electrons. The van der Waals surface area contributed by atoms with Crippen LogP contribution in [0.25, 0.3) is 0 Å². The topological polar surface area (TPSA) is 109 Å². The highest BCUT2D eigenvalue weighted by molar-refractivity contribution is 7.93. The molecule has 0 atom stereocenters. The summed E-state index contributed by atoms with van der Waals surface area (Å²) in [5, 5.41) is 0. The quantitative estimate of drug-likeness (QED) is 0.626. The number of primary amides is 1. The maximum atomic E-state index is 13.1. The van der Waals surface area contributed by atoms with E-state index < -0.39 is 20.5 Å². The van der Waals surface area contributed by atoms with Crippen LogP contribution in [0.2, 0.25) is 0 Å². The lowest BCUT2D eigenvalue weighted by Crippen LogP contribution is -2.53. The molecule has 0 unspecified atom stereocenters. The molecule has 1 aromatic carbocycles. The molecular formula is C21H26N2O5S. The second kappa shape index (κ2) is 9.37. The minimum Gasteiger partial charge on any atom is -0.494 e. The molecular weight excluding hydrogens is 392 g/mol. The number of sulfone groups is 1. The molecule has 0 aliphatic carbocycles. The number of pyridine rings is 1. The van der Waals surface area contributed by atoms with Crippen LogP contribution >= 0.6 is 0 Å². The van der Waals surface area contributed by atoms with Crippen LogP contribution in [0.5, 0.6) is 5.75 Å². The van der Waals surface area contributed by atoms with Crippen molar-refractivity contribution in [3.05, 3.63) is 54.4 Å². The van der Waals surface area contributed by atoms with E-state index in [1.807, 2.05) is 18.3 Å². The largest absolute Gasteiger partial charge is 0.494 e. The fourth-order valence-electron chi connectivity index (χ4n) is 3.46. The summed E-state index contributed by atoms with van der Waals surface area (Å²) in [7, 11) is -3.92. The van der Waals surface area contributed by atoms with E-state index in [1.165, 1.54) is 17.7 Å². The number of unbranched alkanes of at least 4 members (excludes halogenated alkanes) is 1. The number of carbonyl (C=O) groups is 1. The number of hydrogen-bond acceptors (Lipinski definition) is 6. The molecule has 3 rings (SSSR count). The Morgan fingerprint density at radius 2 is 1.86 bits per heavy atom. The normalized spacial score (nSPS) is 16.3. The van der Waals surface area contributed by atoms with Crippen molar-refractivity contribution in [1.29, 1.82) is 0 Å². The van der Waals surface area contributed by atoms with Crippen LogP contribution in [0.4, 0.5) is 0 Å². The monoisotopic (exact) mass is 418 g/mol. The van der Waals surface area contributed by atoms with Gasteiger partial charge in [0.25, 0.3) is 0 Å². The summed E-state index contributed by atoms with van der Waals surface area (Å²) in [6.07, 6.45) is 6.54. The predicted octanol–water partition coefficient (Wildman–Crippen LogP) is 2.29. The maximum absolute atomic E-state index is 13.1. The van der Waals surface area contributed by atoms with E-state index in [-0.39, 0.29) is 31.0 Å². The molecule has 8 heteroatoms. The molecule has 1 aliphatic rings. The Bertz CT molecular complexity index is 908. The fourth-order valence-corrected chi connectivity index (χ4v) is 5.37. The lowest BCUT2D eigenvalue weighted by atomic mass is 9.98. The van der Waals surface area contributed by atoms with Crippen LogP contribution in [-0.4, -0.2) is 43.9 Å². The lowest BCUT2D eigenvalue weighted by molar-refractivity contribution is -0.122. The summed E-state index contributed by atoms with van der Waals surface area (Å²) in [4.78, 5) is 16.2. The number of rotatable bonds is 9. The van der Waals surface area contributed by atoms with Gasteiger partial charge in [0.15, 0.2) is 14.6 Å². The summed E-state index contributed by atoms with van der Waals surface area (Å²) in [5.41, 5.74) is 6.68. The first-order valence-electron chi connectivity index (χ1n) is 9.70. The number of nitrogens with two attached hydrogens (primary N) is 1. The second-order valence-electron chi connectivity index (χ2n) is 7.11. The number of amides is 1. The Labute approximate surface area is 171 Å². The van der Waals surface area contributed by atoms with Crippen LogP contribution in [0.15, 0.2) is 53.7 Å². The van der Waals surface area contributed by atoms with Gasteiger partial charge in [0.1, 0.15) is 5.75 Å². The molecule has 1 aliphatic heterocycles. The molecule has 0 spiro atoms. The van der Waals surface area contributed by atoms with Crippen LogP contribution in [0.1, 0.15) is 31.2 Å². The molecule has 0 radical (unpaired) electrons. The molecule has 2 heterocycles. The van der Waals surface area contributed by atoms with Gasteiger partial charge in [0.05, 0.1) is 11.5 Å². The third-order valence-corrected chi connectivity index (χ3v) is 7.78. The van der Waals surface area contributed by atoms with Crippen molar-refractivity contribution in [2.24, 2.45) is 5.73 Å². The Hall–Kier alpha value is -2.45. The Morgan fingerprint density at radius 1 is 1.14 bits per heavy atom. The van der Waals surface area contributed by atoms with Crippen molar-refractivity contribution in [3.63, 3.8) is 0 Å². The van der Waals surface area contributed by atoms with Gasteiger partial charge in [-0.3, -0.25) is 9.78 Å². The molecule has 0 saturated carbocycles. The molecule has 0 bridgehead atoms. The zero-order valence-electron chi connectivity index (χ0n) is 16.2. The van der Waals surface area contributed by atoms with Crippen LogP contribution < -0.4 is 10.5 Å². The molecule has 7 nitrogen and oxygen atoms in total. The van der Waals surface area contributed by atoms with Crippen molar-refractivity contribution in [2.45, 2.75) is 41.7 Å². The minimum atomic E-state index is -3.92. The average Bonchev–Trinajstić information content (AvgIpc) is 2.75. The zero-order chi connectivity index (χ0) is 20.7. The summed E-state index contributed by atoms with van der Waals surface area (Å²) in [6, 6.07) is 10.1. The van der Waals surface area contributed by atoms with E-state index in [1.54, 1.807) is 18.3 Å². The number of carbonyl (C=O) groups excluding carboxylic acids is 1. The fraction of sp³-hybridized carbons (Fsp3) is 0.429. The van der Waals surface area contributed by atoms with Crippen molar-refractivity contribution >= 4 is 15.7 Å². The highest BCUT2D eigenvalue weighted by Crippen LogP contribution is 2.35. The Kier molecular flexibility index (Phi) is 6.87. The Morgan fingerprint density at radius 3 is 2.48 bits per heavy atom. The van der Waals surface area contributed by atoms with Gasteiger partial charge in [0.2, 0.25) is 5.91 Å². The van der Waals surface area contributed by atoms with Gasteiger partial charge in [-0.2, -0.15) is 0 Å².